The van der Waals surface area contributed by atoms with E-state index in [9.17, 15) is 5.11 Å². The summed E-state index contributed by atoms with van der Waals surface area (Å²) >= 11 is 3.62. The van der Waals surface area contributed by atoms with Gasteiger partial charge in [-0.25, -0.2) is 4.98 Å². The molecule has 0 fully saturated rings. The Balaban J connectivity index is 1.82. The normalized spacial score (nSPS) is 13.9. The quantitative estimate of drug-likeness (QED) is 0.164. The first kappa shape index (κ1) is 28.2. The van der Waals surface area contributed by atoms with Gasteiger partial charge < -0.3 is 19.5 Å². The Kier molecular flexibility index (Phi) is 8.81. The maximum Gasteiger partial charge on any atom is 0.217 e. The molecular weight excluding hydrogens is 564 g/mol. The zero-order valence-corrected chi connectivity index (χ0v) is 24.8. The molecule has 5 aromatic rings. The molecule has 1 N–H and O–H groups in total. The number of rotatable bonds is 11. The number of hydrogen-bond acceptors (Lipinski definition) is 5. The summed E-state index contributed by atoms with van der Waals surface area (Å²) in [6, 6.07) is 32.8. The van der Waals surface area contributed by atoms with E-state index < -0.39 is 11.5 Å². The molecule has 6 heteroatoms. The first-order valence-electron chi connectivity index (χ1n) is 13.5. The smallest absolute Gasteiger partial charge is 0.217 e. The highest BCUT2D eigenvalue weighted by Gasteiger charge is 2.43. The third-order valence-corrected chi connectivity index (χ3v) is 7.91. The molecule has 5 rings (SSSR count). The van der Waals surface area contributed by atoms with Crippen LogP contribution in [0.5, 0.6) is 5.88 Å². The summed E-state index contributed by atoms with van der Waals surface area (Å²) < 4.78 is 12.5. The molecule has 1 aromatic heterocycles. The predicted molar refractivity (Wildman–Crippen MR) is 166 cm³/mol. The fourth-order valence-electron chi connectivity index (χ4n) is 5.48. The van der Waals surface area contributed by atoms with E-state index in [4.69, 9.17) is 14.5 Å². The Morgan fingerprint density at radius 2 is 1.62 bits per heavy atom. The average molecular weight is 600 g/mol. The highest BCUT2D eigenvalue weighted by molar-refractivity contribution is 9.10. The van der Waals surface area contributed by atoms with Crippen molar-refractivity contribution in [3.8, 4) is 5.88 Å². The summed E-state index contributed by atoms with van der Waals surface area (Å²) in [5.41, 5.74) is 2.26. The molecule has 0 aliphatic heterocycles. The number of pyridine rings is 1. The van der Waals surface area contributed by atoms with Gasteiger partial charge in [-0.2, -0.15) is 0 Å². The molecule has 0 spiro atoms. The van der Waals surface area contributed by atoms with E-state index >= 15 is 0 Å². The van der Waals surface area contributed by atoms with Crippen molar-refractivity contribution in [3.05, 3.63) is 118 Å². The van der Waals surface area contributed by atoms with Gasteiger partial charge in [-0.1, -0.05) is 88.7 Å². The molecule has 0 aliphatic carbocycles. The van der Waals surface area contributed by atoms with Crippen LogP contribution < -0.4 is 4.74 Å². The van der Waals surface area contributed by atoms with Gasteiger partial charge in [0.25, 0.3) is 0 Å². The fraction of sp³-hybridized carbons (Fsp3) is 0.265. The molecule has 0 unspecified atom stereocenters. The van der Waals surface area contributed by atoms with Crippen LogP contribution in [0.3, 0.4) is 0 Å². The minimum Gasteiger partial charge on any atom is -0.475 e. The van der Waals surface area contributed by atoms with E-state index in [-0.39, 0.29) is 0 Å². The van der Waals surface area contributed by atoms with Gasteiger partial charge in [-0.15, -0.1) is 0 Å². The van der Waals surface area contributed by atoms with Gasteiger partial charge in [-0.3, -0.25) is 0 Å². The number of halogens is 1. The number of methoxy groups -OCH3 is 1. The summed E-state index contributed by atoms with van der Waals surface area (Å²) in [7, 11) is 5.73. The van der Waals surface area contributed by atoms with Gasteiger partial charge in [0.05, 0.1) is 12.1 Å². The number of aromatic nitrogens is 1. The van der Waals surface area contributed by atoms with E-state index in [0.717, 1.165) is 42.8 Å². The van der Waals surface area contributed by atoms with Crippen molar-refractivity contribution in [2.24, 2.45) is 0 Å². The summed E-state index contributed by atoms with van der Waals surface area (Å²) in [6.45, 7) is 1.48. The van der Waals surface area contributed by atoms with Crippen LogP contribution in [-0.4, -0.2) is 56.0 Å². The van der Waals surface area contributed by atoms with Crippen LogP contribution in [-0.2, 0) is 10.3 Å². The Bertz CT molecular complexity index is 1590. The Labute approximate surface area is 244 Å². The van der Waals surface area contributed by atoms with Gasteiger partial charge in [0.15, 0.2) is 0 Å². The monoisotopic (exact) mass is 598 g/mol. The Morgan fingerprint density at radius 1 is 0.875 bits per heavy atom. The molecule has 40 heavy (non-hydrogen) atoms. The number of hydrogen-bond donors (Lipinski definition) is 1. The standard InChI is InChI=1S/C34H35BrN2O3/c1-37(2)19-18-34(38,30-15-9-13-24-10-7-8-14-28(24)30)32(25-11-5-4-6-12-25)29-23-26-22-27(35)16-17-31(26)36-33(29)40-21-20-39-3/h4-17,22-23,32,38H,18-21H2,1-3H3/t32-,34+/m1/s1. The lowest BCUT2D eigenvalue weighted by atomic mass is 9.70. The Hall–Kier alpha value is -3.29. The van der Waals surface area contributed by atoms with E-state index in [1.807, 2.05) is 62.6 Å². The molecule has 4 aromatic carbocycles. The van der Waals surface area contributed by atoms with Gasteiger partial charge >= 0.3 is 0 Å². The van der Waals surface area contributed by atoms with Crippen molar-refractivity contribution in [1.82, 2.24) is 9.88 Å². The van der Waals surface area contributed by atoms with Crippen LogP contribution >= 0.6 is 15.9 Å². The molecule has 2 atom stereocenters. The molecule has 0 bridgehead atoms. The number of nitrogens with zero attached hydrogens (tertiary/aromatic N) is 2. The Morgan fingerprint density at radius 3 is 2.40 bits per heavy atom. The van der Waals surface area contributed by atoms with Crippen LogP contribution in [0, 0.1) is 0 Å². The van der Waals surface area contributed by atoms with Gasteiger partial charge in [0.2, 0.25) is 5.88 Å². The number of benzene rings is 4. The largest absolute Gasteiger partial charge is 0.475 e. The van der Waals surface area contributed by atoms with Crippen molar-refractivity contribution in [2.45, 2.75) is 17.9 Å². The first-order chi connectivity index (χ1) is 19.4. The molecule has 5 nitrogen and oxygen atoms in total. The summed E-state index contributed by atoms with van der Waals surface area (Å²) in [5, 5.41) is 16.3. The van der Waals surface area contributed by atoms with Crippen molar-refractivity contribution >= 4 is 37.6 Å². The zero-order valence-electron chi connectivity index (χ0n) is 23.2. The predicted octanol–water partition coefficient (Wildman–Crippen LogP) is 7.15. The van der Waals surface area contributed by atoms with Crippen molar-refractivity contribution in [2.75, 3.05) is 41.0 Å². The van der Waals surface area contributed by atoms with Crippen LogP contribution in [0.2, 0.25) is 0 Å². The minimum atomic E-state index is -1.28. The van der Waals surface area contributed by atoms with Crippen LogP contribution in [0.15, 0.2) is 102 Å². The van der Waals surface area contributed by atoms with Gasteiger partial charge in [0.1, 0.15) is 12.2 Å². The number of aliphatic hydroxyl groups is 1. The molecule has 0 saturated carbocycles. The fourth-order valence-corrected chi connectivity index (χ4v) is 5.86. The summed E-state index contributed by atoms with van der Waals surface area (Å²) in [6.07, 6.45) is 0.502. The van der Waals surface area contributed by atoms with Crippen LogP contribution in [0.1, 0.15) is 29.0 Å². The van der Waals surface area contributed by atoms with Crippen LogP contribution in [0.25, 0.3) is 21.7 Å². The number of ether oxygens (including phenoxy) is 2. The lowest BCUT2D eigenvalue weighted by Gasteiger charge is -2.39. The molecular formula is C34H35BrN2O3. The molecule has 206 valence electrons. The first-order valence-corrected chi connectivity index (χ1v) is 14.3. The number of fused-ring (bicyclic) bond motifs is 2. The maximum absolute atomic E-state index is 13.2. The van der Waals surface area contributed by atoms with Crippen molar-refractivity contribution in [1.29, 1.82) is 0 Å². The third-order valence-electron chi connectivity index (χ3n) is 7.41. The molecule has 1 heterocycles. The molecule has 0 radical (unpaired) electrons. The molecule has 0 amide bonds. The second-order valence-electron chi connectivity index (χ2n) is 10.4. The van der Waals surface area contributed by atoms with E-state index in [1.54, 1.807) is 7.11 Å². The molecule has 0 aliphatic rings. The van der Waals surface area contributed by atoms with Crippen LogP contribution in [0.4, 0.5) is 0 Å². The second kappa shape index (κ2) is 12.5. The highest BCUT2D eigenvalue weighted by Crippen LogP contribution is 2.49. The van der Waals surface area contributed by atoms with Crippen molar-refractivity contribution < 1.29 is 14.6 Å². The zero-order chi connectivity index (χ0) is 28.1. The maximum atomic E-state index is 13.2. The lowest BCUT2D eigenvalue weighted by Crippen LogP contribution is -2.38. The summed E-state index contributed by atoms with van der Waals surface area (Å²) in [4.78, 5) is 7.09. The van der Waals surface area contributed by atoms with Gasteiger partial charge in [-0.05, 0) is 66.7 Å². The third kappa shape index (κ3) is 5.91. The topological polar surface area (TPSA) is 54.8 Å². The van der Waals surface area contributed by atoms with Crippen molar-refractivity contribution in [3.63, 3.8) is 0 Å². The summed E-state index contributed by atoms with van der Waals surface area (Å²) in [5.74, 6) is 0.0390. The van der Waals surface area contributed by atoms with E-state index in [1.165, 1.54) is 0 Å². The average Bonchev–Trinajstić information content (AvgIpc) is 2.97. The second-order valence-corrected chi connectivity index (χ2v) is 11.3. The lowest BCUT2D eigenvalue weighted by molar-refractivity contribution is 0.00489. The van der Waals surface area contributed by atoms with E-state index in [0.29, 0.717) is 32.1 Å². The SMILES string of the molecule is COCCOc1nc2ccc(Br)cc2cc1[C@@H](c1ccccc1)[C@](O)(CCN(C)C)c1cccc2ccccc12. The minimum absolute atomic E-state index is 0.352. The van der Waals surface area contributed by atoms with Gasteiger partial charge in [0, 0.05) is 35.0 Å². The molecule has 0 saturated heterocycles. The highest BCUT2D eigenvalue weighted by atomic mass is 79.9. The van der Waals surface area contributed by atoms with E-state index in [2.05, 4.69) is 69.4 Å².